The van der Waals surface area contributed by atoms with Crippen LogP contribution in [-0.2, 0) is 16.6 Å². The molecular formula is C49H56FN11O3. The first-order chi connectivity index (χ1) is 31.1. The molecule has 4 aromatic heterocycles. The lowest BCUT2D eigenvalue weighted by Gasteiger charge is -2.39. The van der Waals surface area contributed by atoms with Gasteiger partial charge in [-0.3, -0.25) is 34.6 Å². The van der Waals surface area contributed by atoms with Crippen molar-refractivity contribution in [2.75, 3.05) is 69.1 Å². The van der Waals surface area contributed by atoms with Crippen molar-refractivity contribution in [1.29, 1.82) is 0 Å². The van der Waals surface area contributed by atoms with E-state index in [-0.39, 0.29) is 30.0 Å². The van der Waals surface area contributed by atoms with Gasteiger partial charge in [0, 0.05) is 93.6 Å². The molecule has 4 fully saturated rings. The number of carbonyl (C=O) groups is 3. The molecule has 0 bridgehead atoms. The second kappa shape index (κ2) is 17.8. The number of H-pyrrole nitrogens is 1. The van der Waals surface area contributed by atoms with E-state index in [1.165, 1.54) is 16.8 Å². The second-order valence-corrected chi connectivity index (χ2v) is 18.2. The number of amides is 3. The van der Waals surface area contributed by atoms with Crippen LogP contribution in [0.15, 0.2) is 79.1 Å². The lowest BCUT2D eigenvalue weighted by Crippen LogP contribution is -2.49. The summed E-state index contributed by atoms with van der Waals surface area (Å²) in [4.78, 5) is 55.4. The summed E-state index contributed by atoms with van der Waals surface area (Å²) in [5.74, 6) is 0.280. The first-order valence-corrected chi connectivity index (χ1v) is 22.9. The minimum absolute atomic E-state index is 0.120. The minimum atomic E-state index is -0.663. The molecule has 3 amide bonds. The molecule has 0 aliphatic carbocycles. The molecule has 1 unspecified atom stereocenters. The second-order valence-electron chi connectivity index (χ2n) is 18.2. The number of aromatic amines is 1. The third-order valence-electron chi connectivity index (χ3n) is 14.4. The lowest BCUT2D eigenvalue weighted by atomic mass is 9.88. The van der Waals surface area contributed by atoms with Crippen LogP contribution in [-0.4, -0.2) is 122 Å². The summed E-state index contributed by atoms with van der Waals surface area (Å²) >= 11 is 0. The molecule has 3 N–H and O–H groups in total. The molecular weight excluding hydrogens is 810 g/mol. The summed E-state index contributed by atoms with van der Waals surface area (Å²) in [6.45, 7) is 10.1. The van der Waals surface area contributed by atoms with Gasteiger partial charge in [0.25, 0.3) is 5.91 Å². The van der Waals surface area contributed by atoms with Crippen LogP contribution in [0.1, 0.15) is 79.0 Å². The Kier molecular flexibility index (Phi) is 11.6. The topological polar surface area (TPSA) is 148 Å². The third kappa shape index (κ3) is 8.46. The number of piperidine rings is 3. The zero-order valence-electron chi connectivity index (χ0n) is 36.6. The van der Waals surface area contributed by atoms with Crippen LogP contribution in [0.3, 0.4) is 0 Å². The molecule has 0 radical (unpaired) electrons. The van der Waals surface area contributed by atoms with Gasteiger partial charge in [-0.1, -0.05) is 18.2 Å². The van der Waals surface area contributed by atoms with Crippen LogP contribution >= 0.6 is 0 Å². The SMILES string of the molecule is C[C@@H](c1cc2c(-c3ccc4[nH]ncc4c3)ccnc2n1C)N1CCC(c2ccc(C(=O)N3CCC(CN4CCN(c5ccc(NC6CCC(=O)NC6=O)c(F)n5)CC4)CC3)cc2)CC1. The number of benzene rings is 2. The van der Waals surface area contributed by atoms with Gasteiger partial charge in [0.05, 0.1) is 17.4 Å². The predicted octanol–water partition coefficient (Wildman–Crippen LogP) is 6.48. The third-order valence-corrected chi connectivity index (χ3v) is 14.4. The van der Waals surface area contributed by atoms with Gasteiger partial charge in [0.1, 0.15) is 17.5 Å². The number of piperazine rings is 1. The number of likely N-dealkylation sites (tertiary alicyclic amines) is 2. The zero-order chi connectivity index (χ0) is 43.9. The molecule has 6 aromatic rings. The van der Waals surface area contributed by atoms with Crippen molar-refractivity contribution in [2.24, 2.45) is 13.0 Å². The Morgan fingerprint density at radius 3 is 2.42 bits per heavy atom. The molecule has 332 valence electrons. The van der Waals surface area contributed by atoms with Crippen molar-refractivity contribution in [2.45, 2.75) is 63.5 Å². The van der Waals surface area contributed by atoms with Crippen LogP contribution in [0.4, 0.5) is 15.9 Å². The van der Waals surface area contributed by atoms with Gasteiger partial charge < -0.3 is 19.7 Å². The number of carbonyl (C=O) groups excluding carboxylic acids is 3. The molecule has 14 nitrogen and oxygen atoms in total. The normalized spacial score (nSPS) is 20.3. The Labute approximate surface area is 372 Å². The summed E-state index contributed by atoms with van der Waals surface area (Å²) in [7, 11) is 2.13. The summed E-state index contributed by atoms with van der Waals surface area (Å²) in [5.41, 5.74) is 7.87. The maximum Gasteiger partial charge on any atom is 0.253 e. The number of halogens is 1. The summed E-state index contributed by atoms with van der Waals surface area (Å²) < 4.78 is 17.2. The number of pyridine rings is 2. The molecule has 8 heterocycles. The van der Waals surface area contributed by atoms with Gasteiger partial charge in [-0.2, -0.15) is 9.49 Å². The van der Waals surface area contributed by atoms with E-state index in [1.54, 1.807) is 12.1 Å². The standard InChI is InChI=1S/C49H56FN11O3/c1-31(43-28-39-38(13-18-51-47(39)57(43)2)36-7-8-40-37(27-36)29-52-56-40)59-21-16-34(17-22-59)33-3-5-35(6-4-33)49(64)61-19-14-32(15-20-61)30-58-23-25-60(26-24-58)44-11-9-41(46(50)54-44)53-42-10-12-45(62)55-48(42)63/h3-9,11,13,18,27-29,31-32,34,42,53H,10,12,14-17,19-26,30H2,1-2H3,(H,52,56)(H,55,62,63)/t31-,42?/m0/s1. The largest absolute Gasteiger partial charge is 0.370 e. The van der Waals surface area contributed by atoms with E-state index in [9.17, 15) is 18.8 Å². The summed E-state index contributed by atoms with van der Waals surface area (Å²) in [6.07, 6.45) is 8.43. The van der Waals surface area contributed by atoms with Crippen molar-refractivity contribution in [3.8, 4) is 11.1 Å². The average Bonchev–Trinajstić information content (AvgIpc) is 3.94. The smallest absolute Gasteiger partial charge is 0.253 e. The molecule has 0 saturated carbocycles. The van der Waals surface area contributed by atoms with Crippen molar-refractivity contribution in [1.82, 2.24) is 44.7 Å². The number of hydrogen-bond donors (Lipinski definition) is 3. The molecule has 10 rings (SSSR count). The van der Waals surface area contributed by atoms with Crippen molar-refractivity contribution >= 4 is 51.2 Å². The van der Waals surface area contributed by atoms with Crippen LogP contribution in [0.2, 0.25) is 0 Å². The van der Waals surface area contributed by atoms with Crippen molar-refractivity contribution in [3.05, 3.63) is 102 Å². The van der Waals surface area contributed by atoms with E-state index >= 15 is 0 Å². The van der Waals surface area contributed by atoms with Crippen LogP contribution in [0, 0.1) is 11.9 Å². The Morgan fingerprint density at radius 2 is 1.67 bits per heavy atom. The number of imide groups is 1. The van der Waals surface area contributed by atoms with E-state index in [0.29, 0.717) is 24.1 Å². The predicted molar refractivity (Wildman–Crippen MR) is 245 cm³/mol. The molecule has 64 heavy (non-hydrogen) atoms. The van der Waals surface area contributed by atoms with Crippen molar-refractivity contribution in [3.63, 3.8) is 0 Å². The first kappa shape index (κ1) is 41.8. The maximum atomic E-state index is 15.0. The molecule has 4 aliphatic heterocycles. The van der Waals surface area contributed by atoms with E-state index < -0.39 is 17.9 Å². The van der Waals surface area contributed by atoms with E-state index in [1.807, 2.05) is 29.4 Å². The molecule has 0 spiro atoms. The minimum Gasteiger partial charge on any atom is -0.370 e. The fraction of sp³-hybridized carbons (Fsp3) is 0.429. The van der Waals surface area contributed by atoms with Gasteiger partial charge >= 0.3 is 0 Å². The van der Waals surface area contributed by atoms with E-state index in [4.69, 9.17) is 4.98 Å². The quantitative estimate of drug-likeness (QED) is 0.103. The molecule has 4 aliphatic rings. The highest BCUT2D eigenvalue weighted by Gasteiger charge is 2.31. The Morgan fingerprint density at radius 1 is 0.891 bits per heavy atom. The molecule has 4 saturated heterocycles. The number of rotatable bonds is 10. The van der Waals surface area contributed by atoms with Crippen LogP contribution in [0.25, 0.3) is 33.1 Å². The average molecular weight is 866 g/mol. The molecule has 15 heteroatoms. The number of anilines is 2. The van der Waals surface area contributed by atoms with Gasteiger partial charge in [-0.05, 0) is 129 Å². The Bertz CT molecular complexity index is 2670. The summed E-state index contributed by atoms with van der Waals surface area (Å²) in [6, 6.07) is 22.3. The van der Waals surface area contributed by atoms with E-state index in [0.717, 1.165) is 118 Å². The first-order valence-electron chi connectivity index (χ1n) is 22.9. The number of aromatic nitrogens is 5. The van der Waals surface area contributed by atoms with Gasteiger partial charge in [0.2, 0.25) is 17.8 Å². The highest BCUT2D eigenvalue weighted by Crippen LogP contribution is 2.37. The van der Waals surface area contributed by atoms with E-state index in [2.05, 4.69) is 102 Å². The Hall–Kier alpha value is -6.19. The fourth-order valence-electron chi connectivity index (χ4n) is 10.5. The zero-order valence-corrected chi connectivity index (χ0v) is 36.6. The number of nitrogens with one attached hydrogen (secondary N) is 3. The van der Waals surface area contributed by atoms with Crippen molar-refractivity contribution < 1.29 is 18.8 Å². The number of nitrogens with zero attached hydrogens (tertiary/aromatic N) is 8. The highest BCUT2D eigenvalue weighted by atomic mass is 19.1. The number of hydrogen-bond acceptors (Lipinski definition) is 10. The van der Waals surface area contributed by atoms with Crippen LogP contribution < -0.4 is 15.5 Å². The van der Waals surface area contributed by atoms with Gasteiger partial charge in [-0.25, -0.2) is 9.97 Å². The maximum absolute atomic E-state index is 15.0. The lowest BCUT2D eigenvalue weighted by molar-refractivity contribution is -0.133. The van der Waals surface area contributed by atoms with Gasteiger partial charge in [0.15, 0.2) is 0 Å². The number of aryl methyl sites for hydroxylation is 1. The Balaban J connectivity index is 0.672. The number of fused-ring (bicyclic) bond motifs is 2. The highest BCUT2D eigenvalue weighted by molar-refractivity contribution is 6.01. The van der Waals surface area contributed by atoms with Gasteiger partial charge in [-0.15, -0.1) is 0 Å². The molecule has 2 aromatic carbocycles. The monoisotopic (exact) mass is 865 g/mol. The summed E-state index contributed by atoms with van der Waals surface area (Å²) in [5, 5.41) is 14.7. The fourth-order valence-corrected chi connectivity index (χ4v) is 10.5. The van der Waals surface area contributed by atoms with Crippen LogP contribution in [0.5, 0.6) is 0 Å². The molecule has 2 atom stereocenters.